The minimum absolute atomic E-state index is 0.00660. The molecule has 0 radical (unpaired) electrons. The second-order valence-corrected chi connectivity index (χ2v) is 7.76. The molecular weight excluding hydrogens is 432 g/mol. The van der Waals surface area contributed by atoms with Gasteiger partial charge in [0.05, 0.1) is 6.54 Å². The zero-order chi connectivity index (χ0) is 24.1. The number of ketones is 2. The average molecular weight is 454 g/mol. The smallest absolute Gasteiger partial charge is 0.329 e. The molecule has 34 heavy (non-hydrogen) atoms. The van der Waals surface area contributed by atoms with Crippen molar-refractivity contribution in [2.75, 3.05) is 6.54 Å². The number of urea groups is 1. The third kappa shape index (κ3) is 5.27. The summed E-state index contributed by atoms with van der Waals surface area (Å²) in [6.45, 7) is 1.20. The zero-order valence-electron chi connectivity index (χ0n) is 18.5. The Morgan fingerprint density at radius 2 is 1.47 bits per heavy atom. The van der Waals surface area contributed by atoms with Crippen molar-refractivity contribution in [1.82, 2.24) is 10.2 Å². The van der Waals surface area contributed by atoms with Crippen molar-refractivity contribution in [3.63, 3.8) is 0 Å². The number of nitrogens with zero attached hydrogens (tertiary/aromatic N) is 1. The standard InChI is InChI=1S/C27H22N2O5/c1-18(30)20-10-14-23(15-11-20)34-22-12-7-19(8-13-22)9-16-24-26(32)29(27(33)28-24)17-25(31)21-5-3-2-4-6-21/h2-8,10-16H,9,17H2,1H3,(H,28,33)/b24-16-. The van der Waals surface area contributed by atoms with Gasteiger partial charge in [-0.05, 0) is 55.3 Å². The van der Waals surface area contributed by atoms with Gasteiger partial charge in [-0.3, -0.25) is 19.3 Å². The molecule has 1 N–H and O–H groups in total. The number of imide groups is 1. The summed E-state index contributed by atoms with van der Waals surface area (Å²) in [5.74, 6) is 0.403. The summed E-state index contributed by atoms with van der Waals surface area (Å²) >= 11 is 0. The highest BCUT2D eigenvalue weighted by Crippen LogP contribution is 2.23. The van der Waals surface area contributed by atoms with Crippen LogP contribution in [0.1, 0.15) is 33.2 Å². The van der Waals surface area contributed by atoms with Crippen molar-refractivity contribution in [2.45, 2.75) is 13.3 Å². The number of nitrogens with one attached hydrogen (secondary N) is 1. The number of hydrogen-bond acceptors (Lipinski definition) is 5. The van der Waals surface area contributed by atoms with Gasteiger partial charge in [0, 0.05) is 11.1 Å². The first-order valence-corrected chi connectivity index (χ1v) is 10.7. The molecule has 7 heteroatoms. The van der Waals surface area contributed by atoms with Gasteiger partial charge in [0.25, 0.3) is 5.91 Å². The van der Waals surface area contributed by atoms with Gasteiger partial charge in [-0.15, -0.1) is 0 Å². The first kappa shape index (κ1) is 22.7. The second-order valence-electron chi connectivity index (χ2n) is 7.76. The molecule has 1 heterocycles. The van der Waals surface area contributed by atoms with Gasteiger partial charge in [-0.2, -0.15) is 0 Å². The average Bonchev–Trinajstić information content (AvgIpc) is 3.12. The lowest BCUT2D eigenvalue weighted by Gasteiger charge is -2.10. The van der Waals surface area contributed by atoms with Crippen LogP contribution in [0.4, 0.5) is 4.79 Å². The van der Waals surface area contributed by atoms with E-state index in [2.05, 4.69) is 5.32 Å². The van der Waals surface area contributed by atoms with Crippen molar-refractivity contribution in [1.29, 1.82) is 0 Å². The maximum Gasteiger partial charge on any atom is 0.329 e. The highest BCUT2D eigenvalue weighted by Gasteiger charge is 2.34. The Labute approximate surface area is 196 Å². The number of allylic oxidation sites excluding steroid dienone is 1. The van der Waals surface area contributed by atoms with Crippen molar-refractivity contribution >= 4 is 23.5 Å². The fourth-order valence-electron chi connectivity index (χ4n) is 3.42. The van der Waals surface area contributed by atoms with Crippen LogP contribution in [0.25, 0.3) is 0 Å². The van der Waals surface area contributed by atoms with Gasteiger partial charge in [0.15, 0.2) is 11.6 Å². The largest absolute Gasteiger partial charge is 0.457 e. The zero-order valence-corrected chi connectivity index (χ0v) is 18.5. The van der Waals surface area contributed by atoms with E-state index in [1.165, 1.54) is 6.92 Å². The van der Waals surface area contributed by atoms with Crippen molar-refractivity contribution < 1.29 is 23.9 Å². The molecule has 4 rings (SSSR count). The van der Waals surface area contributed by atoms with Gasteiger partial charge >= 0.3 is 6.03 Å². The molecule has 3 aromatic carbocycles. The first-order valence-electron chi connectivity index (χ1n) is 10.7. The van der Waals surface area contributed by atoms with Crippen LogP contribution in [-0.4, -0.2) is 34.9 Å². The number of amides is 3. The SMILES string of the molecule is CC(=O)c1ccc(Oc2ccc(C/C=C3\NC(=O)N(CC(=O)c4ccccc4)C3=O)cc2)cc1. The van der Waals surface area contributed by atoms with Crippen LogP contribution in [0.15, 0.2) is 90.6 Å². The minimum atomic E-state index is -0.611. The van der Waals surface area contributed by atoms with Crippen molar-refractivity contribution in [3.05, 3.63) is 107 Å². The molecule has 7 nitrogen and oxygen atoms in total. The van der Waals surface area contributed by atoms with E-state index in [0.717, 1.165) is 10.5 Å². The third-order valence-electron chi connectivity index (χ3n) is 5.32. The van der Waals surface area contributed by atoms with Crippen LogP contribution in [0.2, 0.25) is 0 Å². The molecule has 0 aliphatic carbocycles. The van der Waals surface area contributed by atoms with E-state index in [-0.39, 0.29) is 23.8 Å². The molecule has 0 spiro atoms. The Kier molecular flexibility index (Phi) is 6.64. The van der Waals surface area contributed by atoms with E-state index < -0.39 is 11.9 Å². The lowest BCUT2D eigenvalue weighted by Crippen LogP contribution is -2.35. The molecule has 1 aliphatic heterocycles. The molecule has 1 aliphatic rings. The number of hydrogen-bond donors (Lipinski definition) is 1. The molecule has 0 aromatic heterocycles. The van der Waals surface area contributed by atoms with Crippen LogP contribution < -0.4 is 10.1 Å². The number of Topliss-reactive ketones (excluding diaryl/α,β-unsaturated/α-hetero) is 2. The minimum Gasteiger partial charge on any atom is -0.457 e. The number of ether oxygens (including phenoxy) is 1. The second kappa shape index (κ2) is 9.95. The van der Waals surface area contributed by atoms with Crippen LogP contribution in [0, 0.1) is 0 Å². The van der Waals surface area contributed by atoms with Crippen LogP contribution in [0.5, 0.6) is 11.5 Å². The Morgan fingerprint density at radius 3 is 2.09 bits per heavy atom. The van der Waals surface area contributed by atoms with Gasteiger partial charge in [-0.1, -0.05) is 48.5 Å². The molecule has 3 amide bonds. The molecule has 0 saturated carbocycles. The highest BCUT2D eigenvalue weighted by atomic mass is 16.5. The molecule has 1 fully saturated rings. The molecule has 0 bridgehead atoms. The van der Waals surface area contributed by atoms with E-state index >= 15 is 0 Å². The summed E-state index contributed by atoms with van der Waals surface area (Å²) in [4.78, 5) is 49.5. The predicted molar refractivity (Wildman–Crippen MR) is 126 cm³/mol. The third-order valence-corrected chi connectivity index (χ3v) is 5.32. The first-order chi connectivity index (χ1) is 16.4. The fourth-order valence-corrected chi connectivity index (χ4v) is 3.42. The molecule has 3 aromatic rings. The van der Waals surface area contributed by atoms with E-state index in [1.807, 2.05) is 12.1 Å². The predicted octanol–water partition coefficient (Wildman–Crippen LogP) is 4.54. The molecule has 0 atom stereocenters. The maximum atomic E-state index is 12.6. The summed E-state index contributed by atoms with van der Waals surface area (Å²) in [5.41, 5.74) is 2.12. The number of carbonyl (C=O) groups is 4. The summed E-state index contributed by atoms with van der Waals surface area (Å²) in [7, 11) is 0. The Morgan fingerprint density at radius 1 is 0.853 bits per heavy atom. The Hall–Kier alpha value is -4.52. The molecule has 0 unspecified atom stereocenters. The van der Waals surface area contributed by atoms with Gasteiger partial charge in [0.2, 0.25) is 0 Å². The van der Waals surface area contributed by atoms with Crippen LogP contribution >= 0.6 is 0 Å². The van der Waals surface area contributed by atoms with Crippen LogP contribution in [-0.2, 0) is 11.2 Å². The van der Waals surface area contributed by atoms with E-state index in [0.29, 0.717) is 29.0 Å². The Balaban J connectivity index is 1.35. The lowest BCUT2D eigenvalue weighted by atomic mass is 10.1. The van der Waals surface area contributed by atoms with Gasteiger partial charge in [0.1, 0.15) is 17.2 Å². The number of carbonyl (C=O) groups excluding carboxylic acids is 4. The van der Waals surface area contributed by atoms with Crippen molar-refractivity contribution in [2.24, 2.45) is 0 Å². The van der Waals surface area contributed by atoms with Gasteiger partial charge in [-0.25, -0.2) is 4.79 Å². The number of rotatable bonds is 8. The van der Waals surface area contributed by atoms with E-state index in [4.69, 9.17) is 4.74 Å². The highest BCUT2D eigenvalue weighted by molar-refractivity contribution is 6.14. The summed E-state index contributed by atoms with van der Waals surface area (Å²) < 4.78 is 5.79. The Bertz CT molecular complexity index is 1260. The van der Waals surface area contributed by atoms with Crippen molar-refractivity contribution in [3.8, 4) is 11.5 Å². The number of benzene rings is 3. The van der Waals surface area contributed by atoms with E-state index in [9.17, 15) is 19.2 Å². The summed E-state index contributed by atoms with van der Waals surface area (Å²) in [6, 6.07) is 22.1. The molecular formula is C27H22N2O5. The monoisotopic (exact) mass is 454 g/mol. The fraction of sp³-hybridized carbons (Fsp3) is 0.111. The van der Waals surface area contributed by atoms with Gasteiger partial charge < -0.3 is 10.1 Å². The van der Waals surface area contributed by atoms with E-state index in [1.54, 1.807) is 72.8 Å². The summed E-state index contributed by atoms with van der Waals surface area (Å²) in [5, 5.41) is 2.53. The lowest BCUT2D eigenvalue weighted by molar-refractivity contribution is -0.122. The molecule has 1 saturated heterocycles. The van der Waals surface area contributed by atoms with Crippen LogP contribution in [0.3, 0.4) is 0 Å². The quantitative estimate of drug-likeness (QED) is 0.306. The normalized spacial score (nSPS) is 14.3. The molecule has 170 valence electrons. The topological polar surface area (TPSA) is 92.8 Å². The maximum absolute atomic E-state index is 12.6. The summed E-state index contributed by atoms with van der Waals surface area (Å²) in [6.07, 6.45) is 2.04.